The van der Waals surface area contributed by atoms with Crippen molar-refractivity contribution < 1.29 is 8.42 Å². The van der Waals surface area contributed by atoms with Gasteiger partial charge in [-0.3, -0.25) is 4.98 Å². The Labute approximate surface area is 160 Å². The van der Waals surface area contributed by atoms with Crippen molar-refractivity contribution in [1.82, 2.24) is 9.88 Å². The third-order valence-corrected chi connectivity index (χ3v) is 6.92. The van der Waals surface area contributed by atoms with Crippen molar-refractivity contribution in [2.24, 2.45) is 0 Å². The Morgan fingerprint density at radius 1 is 1.31 bits per heavy atom. The first-order valence-corrected chi connectivity index (χ1v) is 10.8. The summed E-state index contributed by atoms with van der Waals surface area (Å²) in [6, 6.07) is 9.76. The van der Waals surface area contributed by atoms with Crippen molar-refractivity contribution in [2.45, 2.75) is 32.9 Å². The number of pyridine rings is 1. The molecule has 138 valence electrons. The lowest BCUT2D eigenvalue weighted by molar-refractivity contribution is 0.332. The number of benzene rings is 1. The van der Waals surface area contributed by atoms with Gasteiger partial charge in [0, 0.05) is 30.7 Å². The maximum Gasteiger partial charge on any atom is 0.174 e. The number of rotatable bonds is 4. The highest BCUT2D eigenvalue weighted by molar-refractivity contribution is 7.91. The molecule has 0 spiro atoms. The molecule has 1 atom stereocenters. The summed E-state index contributed by atoms with van der Waals surface area (Å²) >= 11 is 5.67. The van der Waals surface area contributed by atoms with Crippen molar-refractivity contribution in [2.75, 3.05) is 16.8 Å². The molecule has 3 rings (SSSR count). The summed E-state index contributed by atoms with van der Waals surface area (Å²) < 4.78 is 23.9. The maximum absolute atomic E-state index is 12.0. The average molecular weight is 390 g/mol. The molecular weight excluding hydrogens is 366 g/mol. The molecule has 0 unspecified atom stereocenters. The van der Waals surface area contributed by atoms with Crippen molar-refractivity contribution >= 4 is 32.9 Å². The van der Waals surface area contributed by atoms with Crippen LogP contribution in [0.3, 0.4) is 0 Å². The fraction of sp³-hybridized carbons (Fsp3) is 0.368. The minimum absolute atomic E-state index is 0.120. The molecule has 1 aliphatic heterocycles. The zero-order valence-electron chi connectivity index (χ0n) is 15.0. The Morgan fingerprint density at radius 2 is 2.12 bits per heavy atom. The van der Waals surface area contributed by atoms with Crippen LogP contribution in [0.1, 0.15) is 23.1 Å². The average Bonchev–Trinajstić information content (AvgIpc) is 2.97. The molecule has 2 heterocycles. The second-order valence-corrected chi connectivity index (χ2v) is 9.34. The molecule has 1 saturated heterocycles. The highest BCUT2D eigenvalue weighted by Crippen LogP contribution is 2.23. The molecule has 7 heteroatoms. The van der Waals surface area contributed by atoms with E-state index >= 15 is 0 Å². The van der Waals surface area contributed by atoms with Gasteiger partial charge in [-0.05, 0) is 61.3 Å². The summed E-state index contributed by atoms with van der Waals surface area (Å²) in [7, 11) is -3.00. The maximum atomic E-state index is 12.0. The number of aromatic nitrogens is 1. The van der Waals surface area contributed by atoms with Gasteiger partial charge in [0.25, 0.3) is 0 Å². The molecule has 1 aliphatic rings. The van der Waals surface area contributed by atoms with E-state index in [1.807, 2.05) is 36.1 Å². The van der Waals surface area contributed by atoms with E-state index < -0.39 is 9.84 Å². The van der Waals surface area contributed by atoms with Crippen LogP contribution >= 0.6 is 12.2 Å². The molecule has 0 bridgehead atoms. The lowest BCUT2D eigenvalue weighted by Crippen LogP contribution is -2.43. The molecule has 0 aliphatic carbocycles. The van der Waals surface area contributed by atoms with Crippen LogP contribution in [0.4, 0.5) is 5.69 Å². The van der Waals surface area contributed by atoms with Gasteiger partial charge in [-0.25, -0.2) is 8.42 Å². The van der Waals surface area contributed by atoms with Gasteiger partial charge in [-0.2, -0.15) is 0 Å². The van der Waals surface area contributed by atoms with Crippen LogP contribution in [0, 0.1) is 13.8 Å². The van der Waals surface area contributed by atoms with Crippen molar-refractivity contribution in [1.29, 1.82) is 0 Å². The van der Waals surface area contributed by atoms with Crippen LogP contribution < -0.4 is 5.32 Å². The third kappa shape index (κ3) is 4.40. The number of hydrogen-bond donors (Lipinski definition) is 1. The quantitative estimate of drug-likeness (QED) is 0.811. The molecule has 1 fully saturated rings. The summed E-state index contributed by atoms with van der Waals surface area (Å²) in [4.78, 5) is 6.14. The monoisotopic (exact) mass is 389 g/mol. The topological polar surface area (TPSA) is 62.3 Å². The minimum Gasteiger partial charge on any atom is -0.341 e. The Kier molecular flexibility index (Phi) is 5.58. The SMILES string of the molecule is Cc1cccc(NC(=S)N(Cc2cccnc2)[C@H]2CCS(=O)(=O)C2)c1C. The zero-order chi connectivity index (χ0) is 18.7. The first-order valence-electron chi connectivity index (χ1n) is 8.59. The number of hydrogen-bond acceptors (Lipinski definition) is 4. The fourth-order valence-corrected chi connectivity index (χ4v) is 5.20. The third-order valence-electron chi connectivity index (χ3n) is 4.83. The van der Waals surface area contributed by atoms with E-state index in [0.717, 1.165) is 16.8 Å². The van der Waals surface area contributed by atoms with Crippen LogP contribution in [-0.4, -0.2) is 41.0 Å². The number of anilines is 1. The van der Waals surface area contributed by atoms with E-state index in [1.165, 1.54) is 5.56 Å². The van der Waals surface area contributed by atoms with Gasteiger partial charge in [-0.1, -0.05) is 18.2 Å². The van der Waals surface area contributed by atoms with Gasteiger partial charge >= 0.3 is 0 Å². The molecule has 26 heavy (non-hydrogen) atoms. The Bertz CT molecular complexity index is 898. The fourth-order valence-electron chi connectivity index (χ4n) is 3.15. The Morgan fingerprint density at radius 3 is 2.77 bits per heavy atom. The first kappa shape index (κ1) is 18.8. The molecule has 1 aromatic carbocycles. The van der Waals surface area contributed by atoms with Crippen molar-refractivity contribution in [3.8, 4) is 0 Å². The van der Waals surface area contributed by atoms with Gasteiger partial charge in [0.1, 0.15) is 0 Å². The summed E-state index contributed by atoms with van der Waals surface area (Å²) in [5.74, 6) is 0.356. The van der Waals surface area contributed by atoms with E-state index in [1.54, 1.807) is 12.4 Å². The second kappa shape index (κ2) is 7.72. The predicted molar refractivity (Wildman–Crippen MR) is 109 cm³/mol. The van der Waals surface area contributed by atoms with Crippen LogP contribution in [0.25, 0.3) is 0 Å². The highest BCUT2D eigenvalue weighted by atomic mass is 32.2. The lowest BCUT2D eigenvalue weighted by atomic mass is 10.1. The van der Waals surface area contributed by atoms with E-state index in [4.69, 9.17) is 12.2 Å². The summed E-state index contributed by atoms with van der Waals surface area (Å²) in [6.07, 6.45) is 4.11. The van der Waals surface area contributed by atoms with Crippen molar-refractivity contribution in [3.63, 3.8) is 0 Å². The van der Waals surface area contributed by atoms with E-state index in [2.05, 4.69) is 23.3 Å². The molecule has 2 aromatic rings. The van der Waals surface area contributed by atoms with E-state index in [0.29, 0.717) is 18.1 Å². The van der Waals surface area contributed by atoms with E-state index in [-0.39, 0.29) is 17.5 Å². The van der Waals surface area contributed by atoms with Gasteiger partial charge < -0.3 is 10.2 Å². The standard InChI is InChI=1S/C19H23N3O2S2/c1-14-5-3-7-18(15(14)2)21-19(25)22(12-16-6-4-9-20-11-16)17-8-10-26(23,24)13-17/h3-7,9,11,17H,8,10,12-13H2,1-2H3,(H,21,25)/t17-/m0/s1. The van der Waals surface area contributed by atoms with Crippen LogP contribution in [0.5, 0.6) is 0 Å². The molecule has 0 radical (unpaired) electrons. The van der Waals surface area contributed by atoms with E-state index in [9.17, 15) is 8.42 Å². The Balaban J connectivity index is 1.84. The molecule has 0 amide bonds. The zero-order valence-corrected chi connectivity index (χ0v) is 16.6. The highest BCUT2D eigenvalue weighted by Gasteiger charge is 2.33. The number of sulfone groups is 1. The first-order chi connectivity index (χ1) is 12.4. The molecule has 1 N–H and O–H groups in total. The minimum atomic E-state index is -3.00. The second-order valence-electron chi connectivity index (χ2n) is 6.72. The van der Waals surface area contributed by atoms with Crippen LogP contribution in [-0.2, 0) is 16.4 Å². The number of nitrogens with zero attached hydrogens (tertiary/aromatic N) is 2. The predicted octanol–water partition coefficient (Wildman–Crippen LogP) is 3.08. The van der Waals surface area contributed by atoms with Gasteiger partial charge in [0.05, 0.1) is 11.5 Å². The molecule has 1 aromatic heterocycles. The van der Waals surface area contributed by atoms with Crippen LogP contribution in [0.15, 0.2) is 42.7 Å². The number of aryl methyl sites for hydroxylation is 1. The summed E-state index contributed by atoms with van der Waals surface area (Å²) in [5, 5.41) is 3.86. The van der Waals surface area contributed by atoms with Crippen molar-refractivity contribution in [3.05, 3.63) is 59.4 Å². The van der Waals surface area contributed by atoms with Gasteiger partial charge in [0.2, 0.25) is 0 Å². The van der Waals surface area contributed by atoms with Gasteiger partial charge in [-0.15, -0.1) is 0 Å². The lowest BCUT2D eigenvalue weighted by Gasteiger charge is -2.31. The summed E-state index contributed by atoms with van der Waals surface area (Å²) in [6.45, 7) is 4.64. The Hall–Kier alpha value is -1.99. The van der Waals surface area contributed by atoms with Crippen LogP contribution in [0.2, 0.25) is 0 Å². The molecule has 0 saturated carbocycles. The molecular formula is C19H23N3O2S2. The van der Waals surface area contributed by atoms with Gasteiger partial charge in [0.15, 0.2) is 14.9 Å². The molecule has 5 nitrogen and oxygen atoms in total. The summed E-state index contributed by atoms with van der Waals surface area (Å²) in [5.41, 5.74) is 4.27. The largest absolute Gasteiger partial charge is 0.341 e. The normalized spacial score (nSPS) is 18.5. The number of thiocarbonyl (C=S) groups is 1. The number of nitrogens with one attached hydrogen (secondary N) is 1. The smallest absolute Gasteiger partial charge is 0.174 e.